The van der Waals surface area contributed by atoms with E-state index >= 15 is 0 Å². The molecule has 0 amide bonds. The number of allylic oxidation sites excluding steroid dienone is 2. The Kier molecular flexibility index (Phi) is 5.45. The third-order valence-corrected chi connectivity index (χ3v) is 2.98. The van der Waals surface area contributed by atoms with Gasteiger partial charge in [-0.05, 0) is 25.8 Å². The lowest BCUT2D eigenvalue weighted by atomic mass is 10.0. The zero-order valence-electron chi connectivity index (χ0n) is 11.2. The smallest absolute Gasteiger partial charge is 0.320 e. The van der Waals surface area contributed by atoms with Gasteiger partial charge in [0.15, 0.2) is 5.78 Å². The van der Waals surface area contributed by atoms with Crippen molar-refractivity contribution < 1.29 is 14.7 Å². The molecule has 0 radical (unpaired) electrons. The predicted octanol–water partition coefficient (Wildman–Crippen LogP) is 2.18. The summed E-state index contributed by atoms with van der Waals surface area (Å²) >= 11 is 0. The molecule has 0 aliphatic carbocycles. The molecule has 1 aromatic rings. The molecule has 0 aromatic heterocycles. The van der Waals surface area contributed by atoms with Crippen LogP contribution in [0.3, 0.4) is 0 Å². The molecule has 0 saturated heterocycles. The maximum Gasteiger partial charge on any atom is 0.320 e. The van der Waals surface area contributed by atoms with E-state index in [0.29, 0.717) is 12.0 Å². The second kappa shape index (κ2) is 6.85. The van der Waals surface area contributed by atoms with Crippen LogP contribution in [0.15, 0.2) is 35.9 Å². The van der Waals surface area contributed by atoms with Crippen molar-refractivity contribution in [1.29, 1.82) is 0 Å². The Morgan fingerprint density at radius 2 is 1.89 bits per heavy atom. The fourth-order valence-corrected chi connectivity index (χ4v) is 1.63. The van der Waals surface area contributed by atoms with E-state index in [9.17, 15) is 9.59 Å². The lowest BCUT2D eigenvalue weighted by Crippen LogP contribution is -2.32. The van der Waals surface area contributed by atoms with Gasteiger partial charge in [0.05, 0.1) is 0 Å². The molecule has 1 atom stereocenters. The first-order valence-electron chi connectivity index (χ1n) is 6.16. The first kappa shape index (κ1) is 15.1. The zero-order valence-corrected chi connectivity index (χ0v) is 11.2. The van der Waals surface area contributed by atoms with Crippen LogP contribution in [0.1, 0.15) is 36.2 Å². The van der Waals surface area contributed by atoms with E-state index in [1.165, 1.54) is 0 Å². The highest BCUT2D eigenvalue weighted by Gasteiger charge is 2.12. The fraction of sp³-hybridized carbons (Fsp3) is 0.333. The molecule has 0 saturated carbocycles. The van der Waals surface area contributed by atoms with Gasteiger partial charge in [0, 0.05) is 12.0 Å². The normalized spacial score (nSPS) is 13.1. The second-order valence-electron chi connectivity index (χ2n) is 4.58. The third-order valence-electron chi connectivity index (χ3n) is 2.98. The molecule has 102 valence electrons. The van der Waals surface area contributed by atoms with Crippen molar-refractivity contribution >= 4 is 11.8 Å². The van der Waals surface area contributed by atoms with Crippen LogP contribution in [0.2, 0.25) is 0 Å². The number of carboxylic acid groups (broad SMARTS) is 1. The molecular weight excluding hydrogens is 242 g/mol. The van der Waals surface area contributed by atoms with Crippen molar-refractivity contribution in [3.63, 3.8) is 0 Å². The predicted molar refractivity (Wildman–Crippen MR) is 74.1 cm³/mol. The van der Waals surface area contributed by atoms with Gasteiger partial charge >= 0.3 is 5.97 Å². The molecule has 3 N–H and O–H groups in total. The number of hydrogen-bond acceptors (Lipinski definition) is 3. The Morgan fingerprint density at radius 1 is 1.32 bits per heavy atom. The summed E-state index contributed by atoms with van der Waals surface area (Å²) in [5, 5.41) is 8.73. The number of ketones is 1. The van der Waals surface area contributed by atoms with Crippen LogP contribution < -0.4 is 5.73 Å². The van der Waals surface area contributed by atoms with Crippen molar-refractivity contribution in [2.45, 2.75) is 32.7 Å². The number of benzene rings is 1. The van der Waals surface area contributed by atoms with Gasteiger partial charge in [0.1, 0.15) is 6.04 Å². The van der Waals surface area contributed by atoms with Crippen LogP contribution in [0.4, 0.5) is 0 Å². The quantitative estimate of drug-likeness (QED) is 0.607. The van der Waals surface area contributed by atoms with E-state index in [0.717, 1.165) is 11.1 Å². The monoisotopic (exact) mass is 261 g/mol. The molecule has 0 aliphatic rings. The Labute approximate surface area is 112 Å². The van der Waals surface area contributed by atoms with Gasteiger partial charge in [-0.1, -0.05) is 35.9 Å². The van der Waals surface area contributed by atoms with Crippen molar-refractivity contribution in [2.75, 3.05) is 0 Å². The zero-order chi connectivity index (χ0) is 14.4. The standard InChI is InChI=1S/C15H19NO3/c1-3-10(2)8-14(17)12-6-4-11(5-7-12)9-13(16)15(18)19/h3-7,13H,8-9,16H2,1-2H3,(H,18,19)/b10-3+. The molecular formula is C15H19NO3. The molecule has 0 heterocycles. The number of carbonyl (C=O) groups is 2. The number of aliphatic carboxylic acids is 1. The molecule has 1 unspecified atom stereocenters. The molecule has 0 spiro atoms. The van der Waals surface area contributed by atoms with E-state index < -0.39 is 12.0 Å². The molecule has 1 rings (SSSR count). The highest BCUT2D eigenvalue weighted by atomic mass is 16.4. The largest absolute Gasteiger partial charge is 0.480 e. The van der Waals surface area contributed by atoms with Crippen molar-refractivity contribution in [1.82, 2.24) is 0 Å². The summed E-state index contributed by atoms with van der Waals surface area (Å²) in [5.74, 6) is -0.964. The summed E-state index contributed by atoms with van der Waals surface area (Å²) in [6.45, 7) is 3.82. The van der Waals surface area contributed by atoms with Crippen LogP contribution >= 0.6 is 0 Å². The van der Waals surface area contributed by atoms with Crippen LogP contribution in [0, 0.1) is 0 Å². The van der Waals surface area contributed by atoms with Gasteiger partial charge in [0.25, 0.3) is 0 Å². The molecule has 1 aromatic carbocycles. The molecule has 0 aliphatic heterocycles. The van der Waals surface area contributed by atoms with Crippen molar-refractivity contribution in [3.05, 3.63) is 47.0 Å². The molecule has 0 fully saturated rings. The summed E-state index contributed by atoms with van der Waals surface area (Å²) in [4.78, 5) is 22.5. The number of nitrogens with two attached hydrogens (primary N) is 1. The Hall–Kier alpha value is -1.94. The highest BCUT2D eigenvalue weighted by Crippen LogP contribution is 2.11. The Morgan fingerprint density at radius 3 is 2.37 bits per heavy atom. The van der Waals surface area contributed by atoms with E-state index in [4.69, 9.17) is 10.8 Å². The lowest BCUT2D eigenvalue weighted by Gasteiger charge is -2.07. The maximum absolute atomic E-state index is 11.9. The number of carboxylic acids is 1. The van der Waals surface area contributed by atoms with Gasteiger partial charge < -0.3 is 10.8 Å². The number of hydrogen-bond donors (Lipinski definition) is 2. The molecule has 19 heavy (non-hydrogen) atoms. The average molecular weight is 261 g/mol. The van der Waals surface area contributed by atoms with Gasteiger partial charge in [0.2, 0.25) is 0 Å². The van der Waals surface area contributed by atoms with Crippen LogP contribution in [-0.2, 0) is 11.2 Å². The lowest BCUT2D eigenvalue weighted by molar-refractivity contribution is -0.138. The van der Waals surface area contributed by atoms with Crippen molar-refractivity contribution in [3.8, 4) is 0 Å². The third kappa shape index (κ3) is 4.67. The topological polar surface area (TPSA) is 80.4 Å². The Bertz CT molecular complexity index is 489. The van der Waals surface area contributed by atoms with E-state index in [-0.39, 0.29) is 12.2 Å². The van der Waals surface area contributed by atoms with Crippen LogP contribution in [0.5, 0.6) is 0 Å². The summed E-state index contributed by atoms with van der Waals surface area (Å²) in [6, 6.07) is 6.03. The highest BCUT2D eigenvalue weighted by molar-refractivity contribution is 5.97. The SMILES string of the molecule is C/C=C(\C)CC(=O)c1ccc(CC(N)C(=O)O)cc1. The molecule has 4 nitrogen and oxygen atoms in total. The summed E-state index contributed by atoms with van der Waals surface area (Å²) in [5.41, 5.74) is 7.93. The molecule has 0 bridgehead atoms. The van der Waals surface area contributed by atoms with Gasteiger partial charge in [-0.3, -0.25) is 9.59 Å². The molecule has 4 heteroatoms. The first-order valence-corrected chi connectivity index (χ1v) is 6.16. The maximum atomic E-state index is 11.9. The summed E-state index contributed by atoms with van der Waals surface area (Å²) in [7, 11) is 0. The van der Waals surface area contributed by atoms with Crippen LogP contribution in [-0.4, -0.2) is 22.9 Å². The first-order chi connectivity index (χ1) is 8.93. The number of carbonyl (C=O) groups excluding carboxylic acids is 1. The van der Waals surface area contributed by atoms with Crippen LogP contribution in [0.25, 0.3) is 0 Å². The van der Waals surface area contributed by atoms with Gasteiger partial charge in [-0.25, -0.2) is 0 Å². The average Bonchev–Trinajstić information content (AvgIpc) is 2.39. The Balaban J connectivity index is 2.71. The summed E-state index contributed by atoms with van der Waals surface area (Å²) < 4.78 is 0. The minimum atomic E-state index is -1.02. The fourth-order valence-electron chi connectivity index (χ4n) is 1.63. The van der Waals surface area contributed by atoms with E-state index in [2.05, 4.69) is 0 Å². The van der Waals surface area contributed by atoms with E-state index in [1.54, 1.807) is 24.3 Å². The number of Topliss-reactive ketones (excluding diaryl/α,β-unsaturated/α-hetero) is 1. The van der Waals surface area contributed by atoms with Gasteiger partial charge in [-0.2, -0.15) is 0 Å². The van der Waals surface area contributed by atoms with E-state index in [1.807, 2.05) is 19.9 Å². The summed E-state index contributed by atoms with van der Waals surface area (Å²) in [6.07, 6.45) is 2.58. The number of rotatable bonds is 6. The van der Waals surface area contributed by atoms with Gasteiger partial charge in [-0.15, -0.1) is 0 Å². The second-order valence-corrected chi connectivity index (χ2v) is 4.58. The van der Waals surface area contributed by atoms with Crippen molar-refractivity contribution in [2.24, 2.45) is 5.73 Å². The minimum Gasteiger partial charge on any atom is -0.480 e. The minimum absolute atomic E-state index is 0.0599.